The predicted octanol–water partition coefficient (Wildman–Crippen LogP) is 3.97. The van der Waals surface area contributed by atoms with Gasteiger partial charge in [0.05, 0.1) is 19.5 Å². The monoisotopic (exact) mass is 331 g/mol. The van der Waals surface area contributed by atoms with E-state index in [1.807, 2.05) is 55.5 Å². The van der Waals surface area contributed by atoms with E-state index in [1.54, 1.807) is 18.9 Å². The van der Waals surface area contributed by atoms with Crippen molar-refractivity contribution in [1.82, 2.24) is 0 Å². The van der Waals surface area contributed by atoms with Crippen LogP contribution in [0.1, 0.15) is 12.5 Å². The van der Waals surface area contributed by atoms with E-state index in [1.165, 1.54) is 5.56 Å². The van der Waals surface area contributed by atoms with Gasteiger partial charge in [-0.1, -0.05) is 12.1 Å². The largest absolute Gasteiger partial charge is 0.497 e. The number of hydrogen-bond donors (Lipinski definition) is 1. The number of benzene rings is 2. The van der Waals surface area contributed by atoms with Crippen LogP contribution in [0.15, 0.2) is 48.5 Å². The van der Waals surface area contributed by atoms with Crippen molar-refractivity contribution in [3.05, 3.63) is 54.1 Å². The third-order valence-corrected chi connectivity index (χ3v) is 4.11. The molecule has 0 saturated heterocycles. The highest BCUT2D eigenvalue weighted by molar-refractivity contribution is 7.99. The lowest BCUT2D eigenvalue weighted by atomic mass is 10.2. The Kier molecular flexibility index (Phi) is 6.81. The normalized spacial score (nSPS) is 10.2. The number of carbonyl (C=O) groups excluding carboxylic acids is 1. The number of carbonyl (C=O) groups is 1. The number of amides is 1. The molecule has 0 saturated carbocycles. The summed E-state index contributed by atoms with van der Waals surface area (Å²) in [5, 5.41) is 2.88. The summed E-state index contributed by atoms with van der Waals surface area (Å²) < 4.78 is 10.5. The third-order valence-electron chi connectivity index (χ3n) is 3.11. The standard InChI is InChI=1S/C18H21NO3S/c1-3-22-17-10-6-15(7-11-17)19-18(20)13-23-12-14-4-8-16(21-2)9-5-14/h4-11H,3,12-13H2,1-2H3,(H,19,20). The van der Waals surface area contributed by atoms with Crippen molar-refractivity contribution in [1.29, 1.82) is 0 Å². The second kappa shape index (κ2) is 9.10. The fourth-order valence-corrected chi connectivity index (χ4v) is 2.77. The van der Waals surface area contributed by atoms with Crippen molar-refractivity contribution in [3.8, 4) is 11.5 Å². The van der Waals surface area contributed by atoms with Crippen LogP contribution in [-0.4, -0.2) is 25.4 Å². The first-order valence-corrected chi connectivity index (χ1v) is 8.60. The van der Waals surface area contributed by atoms with Crippen LogP contribution >= 0.6 is 11.8 Å². The first kappa shape index (κ1) is 17.2. The molecule has 0 aliphatic rings. The SMILES string of the molecule is CCOc1ccc(NC(=O)CSCc2ccc(OC)cc2)cc1. The lowest BCUT2D eigenvalue weighted by molar-refractivity contribution is -0.113. The Hall–Kier alpha value is -2.14. The minimum Gasteiger partial charge on any atom is -0.497 e. The smallest absolute Gasteiger partial charge is 0.234 e. The summed E-state index contributed by atoms with van der Waals surface area (Å²) in [6.07, 6.45) is 0. The molecule has 0 spiro atoms. The lowest BCUT2D eigenvalue weighted by Gasteiger charge is -2.07. The molecule has 5 heteroatoms. The van der Waals surface area contributed by atoms with Gasteiger partial charge in [0.1, 0.15) is 11.5 Å². The summed E-state index contributed by atoms with van der Waals surface area (Å²) >= 11 is 1.58. The lowest BCUT2D eigenvalue weighted by Crippen LogP contribution is -2.14. The summed E-state index contributed by atoms with van der Waals surface area (Å²) in [6.45, 7) is 2.57. The minimum absolute atomic E-state index is 0.00679. The van der Waals surface area contributed by atoms with E-state index in [0.29, 0.717) is 12.4 Å². The number of thioether (sulfide) groups is 1. The molecule has 0 fully saturated rings. The summed E-state index contributed by atoms with van der Waals surface area (Å²) in [7, 11) is 1.65. The number of ether oxygens (including phenoxy) is 2. The molecule has 1 amide bonds. The molecule has 1 N–H and O–H groups in total. The highest BCUT2D eigenvalue weighted by atomic mass is 32.2. The van der Waals surface area contributed by atoms with Crippen LogP contribution in [0.25, 0.3) is 0 Å². The van der Waals surface area contributed by atoms with Crippen LogP contribution in [0.3, 0.4) is 0 Å². The molecule has 0 radical (unpaired) electrons. The van der Waals surface area contributed by atoms with E-state index in [9.17, 15) is 4.79 Å². The molecule has 0 aliphatic heterocycles. The highest BCUT2D eigenvalue weighted by Gasteiger charge is 2.04. The van der Waals surface area contributed by atoms with Gasteiger partial charge < -0.3 is 14.8 Å². The van der Waals surface area contributed by atoms with E-state index in [2.05, 4.69) is 5.32 Å². The molecule has 23 heavy (non-hydrogen) atoms. The molecule has 0 aromatic heterocycles. The molecule has 0 bridgehead atoms. The molecule has 122 valence electrons. The van der Waals surface area contributed by atoms with Gasteiger partial charge in [0.25, 0.3) is 0 Å². The second-order valence-corrected chi connectivity index (χ2v) is 5.83. The fraction of sp³-hybridized carbons (Fsp3) is 0.278. The van der Waals surface area contributed by atoms with Crippen LogP contribution < -0.4 is 14.8 Å². The number of nitrogens with one attached hydrogen (secondary N) is 1. The third kappa shape index (κ3) is 5.87. The maximum absolute atomic E-state index is 11.9. The van der Waals surface area contributed by atoms with Gasteiger partial charge in [-0.05, 0) is 48.9 Å². The minimum atomic E-state index is -0.00679. The summed E-state index contributed by atoms with van der Waals surface area (Å²) in [5.74, 6) is 2.85. The number of rotatable bonds is 8. The Morgan fingerprint density at radius 1 is 1.04 bits per heavy atom. The van der Waals surface area contributed by atoms with Crippen LogP contribution in [0.4, 0.5) is 5.69 Å². The highest BCUT2D eigenvalue weighted by Crippen LogP contribution is 2.18. The Balaban J connectivity index is 1.73. The van der Waals surface area contributed by atoms with Gasteiger partial charge in [0.15, 0.2) is 0 Å². The van der Waals surface area contributed by atoms with Crippen molar-refractivity contribution in [2.45, 2.75) is 12.7 Å². The molecule has 4 nitrogen and oxygen atoms in total. The molecule has 0 heterocycles. The Morgan fingerprint density at radius 2 is 1.70 bits per heavy atom. The van der Waals surface area contributed by atoms with Gasteiger partial charge in [0, 0.05) is 11.4 Å². The van der Waals surface area contributed by atoms with Gasteiger partial charge in [-0.15, -0.1) is 11.8 Å². The van der Waals surface area contributed by atoms with Gasteiger partial charge in [-0.2, -0.15) is 0 Å². The van der Waals surface area contributed by atoms with Crippen LogP contribution in [0, 0.1) is 0 Å². The summed E-state index contributed by atoms with van der Waals surface area (Å²) in [5.41, 5.74) is 1.95. The summed E-state index contributed by atoms with van der Waals surface area (Å²) in [4.78, 5) is 11.9. The van der Waals surface area contributed by atoms with E-state index < -0.39 is 0 Å². The molecule has 0 atom stereocenters. The Bertz CT molecular complexity index is 611. The van der Waals surface area contributed by atoms with Gasteiger partial charge >= 0.3 is 0 Å². The molecule has 0 unspecified atom stereocenters. The zero-order valence-electron chi connectivity index (χ0n) is 13.4. The number of hydrogen-bond acceptors (Lipinski definition) is 4. The average molecular weight is 331 g/mol. The summed E-state index contributed by atoms with van der Waals surface area (Å²) in [6, 6.07) is 15.3. The zero-order chi connectivity index (χ0) is 16.5. The first-order valence-electron chi connectivity index (χ1n) is 7.44. The zero-order valence-corrected chi connectivity index (χ0v) is 14.2. The second-order valence-electron chi connectivity index (χ2n) is 4.85. The van der Waals surface area contributed by atoms with Crippen molar-refractivity contribution in [2.75, 3.05) is 24.8 Å². The topological polar surface area (TPSA) is 47.6 Å². The van der Waals surface area contributed by atoms with E-state index in [4.69, 9.17) is 9.47 Å². The van der Waals surface area contributed by atoms with Crippen molar-refractivity contribution in [2.24, 2.45) is 0 Å². The van der Waals surface area contributed by atoms with E-state index in [-0.39, 0.29) is 5.91 Å². The Labute approximate surface area is 141 Å². The molecule has 0 aliphatic carbocycles. The maximum Gasteiger partial charge on any atom is 0.234 e. The van der Waals surface area contributed by atoms with E-state index in [0.717, 1.165) is 22.9 Å². The van der Waals surface area contributed by atoms with Gasteiger partial charge in [-0.25, -0.2) is 0 Å². The fourth-order valence-electron chi connectivity index (χ4n) is 1.98. The molecule has 2 rings (SSSR count). The van der Waals surface area contributed by atoms with Crippen molar-refractivity contribution >= 4 is 23.4 Å². The van der Waals surface area contributed by atoms with Crippen molar-refractivity contribution < 1.29 is 14.3 Å². The maximum atomic E-state index is 11.9. The molecular formula is C18H21NO3S. The molecule has 2 aromatic rings. The molecule has 2 aromatic carbocycles. The Morgan fingerprint density at radius 3 is 2.30 bits per heavy atom. The average Bonchev–Trinajstić information content (AvgIpc) is 2.57. The van der Waals surface area contributed by atoms with E-state index >= 15 is 0 Å². The van der Waals surface area contributed by atoms with Crippen molar-refractivity contribution in [3.63, 3.8) is 0 Å². The van der Waals surface area contributed by atoms with Gasteiger partial charge in [0.2, 0.25) is 5.91 Å². The number of methoxy groups -OCH3 is 1. The van der Waals surface area contributed by atoms with Crippen LogP contribution in [-0.2, 0) is 10.5 Å². The van der Waals surface area contributed by atoms with Crippen LogP contribution in [0.2, 0.25) is 0 Å². The molecular weight excluding hydrogens is 310 g/mol. The quantitative estimate of drug-likeness (QED) is 0.795. The number of anilines is 1. The van der Waals surface area contributed by atoms with Gasteiger partial charge in [-0.3, -0.25) is 4.79 Å². The first-order chi connectivity index (χ1) is 11.2. The predicted molar refractivity (Wildman–Crippen MR) is 95.4 cm³/mol. The van der Waals surface area contributed by atoms with Crippen LogP contribution in [0.5, 0.6) is 11.5 Å².